The first-order chi connectivity index (χ1) is 12.2. The molecule has 1 aromatic rings. The standard InChI is InChI=1S/C20H22O6/c1-19(2)23-15-14(11-10-13(21)12-8-6-5-7-9-12)22-18-17(16(15)24-19)25-20(3,4)26-18/h5-9,14-18H,1-4H3/t14?,15-,16?,17?,18+/m0/s1. The van der Waals surface area contributed by atoms with Crippen LogP contribution in [-0.4, -0.2) is 48.1 Å². The van der Waals surface area contributed by atoms with E-state index in [0.29, 0.717) is 5.56 Å². The van der Waals surface area contributed by atoms with Gasteiger partial charge >= 0.3 is 0 Å². The average Bonchev–Trinajstić information content (AvgIpc) is 3.07. The fraction of sp³-hybridized carbons (Fsp3) is 0.550. The van der Waals surface area contributed by atoms with Crippen molar-refractivity contribution >= 4 is 5.78 Å². The Hall–Kier alpha value is -1.75. The summed E-state index contributed by atoms with van der Waals surface area (Å²) in [5.74, 6) is 3.74. The van der Waals surface area contributed by atoms with Crippen LogP contribution in [0.5, 0.6) is 0 Å². The number of benzene rings is 1. The van der Waals surface area contributed by atoms with Crippen molar-refractivity contribution < 1.29 is 28.5 Å². The molecule has 1 aromatic carbocycles. The van der Waals surface area contributed by atoms with Crippen LogP contribution in [-0.2, 0) is 23.7 Å². The lowest BCUT2D eigenvalue weighted by Crippen LogP contribution is -2.54. The van der Waals surface area contributed by atoms with E-state index in [4.69, 9.17) is 23.7 Å². The van der Waals surface area contributed by atoms with Crippen LogP contribution in [0.1, 0.15) is 38.1 Å². The van der Waals surface area contributed by atoms with E-state index < -0.39 is 36.2 Å². The molecule has 26 heavy (non-hydrogen) atoms. The number of ether oxygens (including phenoxy) is 5. The van der Waals surface area contributed by atoms with E-state index in [-0.39, 0.29) is 11.9 Å². The molecule has 3 fully saturated rings. The SMILES string of the molecule is CC1(C)OC2C3OC(C)(C)O[C@H]3C(C#CC(=O)c3ccccc3)O[C@@H]2O1. The molecule has 6 nitrogen and oxygen atoms in total. The second-order valence-corrected chi connectivity index (χ2v) is 7.55. The summed E-state index contributed by atoms with van der Waals surface area (Å²) in [7, 11) is 0. The van der Waals surface area contributed by atoms with Crippen molar-refractivity contribution in [3.8, 4) is 11.8 Å². The van der Waals surface area contributed by atoms with Crippen molar-refractivity contribution in [2.45, 2.75) is 70.0 Å². The predicted octanol–water partition coefficient (Wildman–Crippen LogP) is 2.27. The van der Waals surface area contributed by atoms with Crippen LogP contribution in [0.3, 0.4) is 0 Å². The summed E-state index contributed by atoms with van der Waals surface area (Å²) in [5, 5.41) is 0. The van der Waals surface area contributed by atoms with Gasteiger partial charge in [-0.3, -0.25) is 4.79 Å². The molecule has 0 radical (unpaired) electrons. The van der Waals surface area contributed by atoms with Gasteiger partial charge in [-0.1, -0.05) is 36.3 Å². The van der Waals surface area contributed by atoms with Crippen molar-refractivity contribution in [1.29, 1.82) is 0 Å². The maximum Gasteiger partial charge on any atom is 0.235 e. The highest BCUT2D eigenvalue weighted by atomic mass is 16.9. The van der Waals surface area contributed by atoms with Crippen LogP contribution in [0.25, 0.3) is 0 Å². The highest BCUT2D eigenvalue weighted by Crippen LogP contribution is 2.43. The molecule has 3 unspecified atom stereocenters. The first kappa shape index (κ1) is 17.7. The molecule has 0 bridgehead atoms. The zero-order valence-electron chi connectivity index (χ0n) is 15.2. The van der Waals surface area contributed by atoms with Gasteiger partial charge in [-0.05, 0) is 33.6 Å². The minimum Gasteiger partial charge on any atom is -0.341 e. The minimum atomic E-state index is -0.785. The Morgan fingerprint density at radius 2 is 1.50 bits per heavy atom. The van der Waals surface area contributed by atoms with Crippen molar-refractivity contribution in [2.24, 2.45) is 0 Å². The van der Waals surface area contributed by atoms with E-state index >= 15 is 0 Å². The molecule has 0 spiro atoms. The Bertz CT molecular complexity index is 760. The van der Waals surface area contributed by atoms with Crippen LogP contribution >= 0.6 is 0 Å². The number of carbonyl (C=O) groups is 1. The van der Waals surface area contributed by atoms with Gasteiger partial charge in [-0.15, -0.1) is 0 Å². The van der Waals surface area contributed by atoms with Gasteiger partial charge in [0, 0.05) is 5.56 Å². The molecular formula is C20H22O6. The maximum atomic E-state index is 12.3. The van der Waals surface area contributed by atoms with Crippen molar-refractivity contribution in [3.63, 3.8) is 0 Å². The largest absolute Gasteiger partial charge is 0.341 e. The third-order valence-corrected chi connectivity index (χ3v) is 4.52. The van der Waals surface area contributed by atoms with Crippen LogP contribution in [0, 0.1) is 11.8 Å². The van der Waals surface area contributed by atoms with Gasteiger partial charge in [0.25, 0.3) is 0 Å². The summed E-state index contributed by atoms with van der Waals surface area (Å²) >= 11 is 0. The van der Waals surface area contributed by atoms with Gasteiger partial charge in [0.15, 0.2) is 24.0 Å². The summed E-state index contributed by atoms with van der Waals surface area (Å²) < 4.78 is 29.7. The second kappa shape index (κ2) is 6.15. The van der Waals surface area contributed by atoms with Gasteiger partial charge in [0.1, 0.15) is 18.3 Å². The fourth-order valence-corrected chi connectivity index (χ4v) is 3.53. The first-order valence-corrected chi connectivity index (χ1v) is 8.72. The summed E-state index contributed by atoms with van der Waals surface area (Å²) in [6.07, 6.45) is -2.50. The van der Waals surface area contributed by atoms with Crippen molar-refractivity contribution in [1.82, 2.24) is 0 Å². The van der Waals surface area contributed by atoms with E-state index in [2.05, 4.69) is 11.8 Å². The van der Waals surface area contributed by atoms with Crippen LogP contribution in [0.4, 0.5) is 0 Å². The Labute approximate surface area is 152 Å². The van der Waals surface area contributed by atoms with Crippen LogP contribution < -0.4 is 0 Å². The number of hydrogen-bond acceptors (Lipinski definition) is 6. The first-order valence-electron chi connectivity index (χ1n) is 8.72. The van der Waals surface area contributed by atoms with Gasteiger partial charge in [-0.2, -0.15) is 0 Å². The highest BCUT2D eigenvalue weighted by Gasteiger charge is 2.60. The van der Waals surface area contributed by atoms with Crippen molar-refractivity contribution in [2.75, 3.05) is 0 Å². The van der Waals surface area contributed by atoms with Gasteiger partial charge in [0.05, 0.1) is 0 Å². The number of Topliss-reactive ketones (excluding diaryl/α,β-unsaturated/α-hetero) is 1. The topological polar surface area (TPSA) is 63.2 Å². The van der Waals surface area contributed by atoms with Crippen molar-refractivity contribution in [3.05, 3.63) is 35.9 Å². The number of rotatable bonds is 1. The fourth-order valence-electron chi connectivity index (χ4n) is 3.53. The lowest BCUT2D eigenvalue weighted by atomic mass is 9.99. The molecule has 6 heteroatoms. The molecule has 3 heterocycles. The van der Waals surface area contributed by atoms with E-state index in [1.54, 1.807) is 24.3 Å². The number of fused-ring (bicyclic) bond motifs is 3. The monoisotopic (exact) mass is 358 g/mol. The Morgan fingerprint density at radius 1 is 0.885 bits per heavy atom. The van der Waals surface area contributed by atoms with E-state index in [1.807, 2.05) is 33.8 Å². The third-order valence-electron chi connectivity index (χ3n) is 4.52. The quantitative estimate of drug-likeness (QED) is 0.436. The molecule has 5 atom stereocenters. The zero-order valence-corrected chi connectivity index (χ0v) is 15.2. The van der Waals surface area contributed by atoms with Crippen LogP contribution in [0.2, 0.25) is 0 Å². The lowest BCUT2D eigenvalue weighted by molar-refractivity contribution is -0.220. The predicted molar refractivity (Wildman–Crippen MR) is 91.1 cm³/mol. The molecule has 3 saturated heterocycles. The number of hydrogen-bond donors (Lipinski definition) is 0. The van der Waals surface area contributed by atoms with E-state index in [1.165, 1.54) is 0 Å². The Morgan fingerprint density at radius 3 is 2.23 bits per heavy atom. The van der Waals surface area contributed by atoms with E-state index in [0.717, 1.165) is 0 Å². The highest BCUT2D eigenvalue weighted by molar-refractivity contribution is 6.09. The van der Waals surface area contributed by atoms with Crippen LogP contribution in [0.15, 0.2) is 30.3 Å². The Kier molecular flexibility index (Phi) is 4.18. The summed E-state index contributed by atoms with van der Waals surface area (Å²) in [4.78, 5) is 12.3. The third kappa shape index (κ3) is 3.29. The van der Waals surface area contributed by atoms with Gasteiger partial charge in [-0.25, -0.2) is 0 Å². The molecule has 0 aromatic heterocycles. The summed E-state index contributed by atoms with van der Waals surface area (Å²) in [6, 6.07) is 8.91. The molecule has 4 rings (SSSR count). The average molecular weight is 358 g/mol. The molecule has 0 amide bonds. The smallest absolute Gasteiger partial charge is 0.235 e. The normalized spacial score (nSPS) is 36.5. The minimum absolute atomic E-state index is 0.269. The second-order valence-electron chi connectivity index (χ2n) is 7.55. The van der Waals surface area contributed by atoms with Gasteiger partial charge < -0.3 is 23.7 Å². The lowest BCUT2D eigenvalue weighted by Gasteiger charge is -2.34. The molecule has 3 aliphatic rings. The molecule has 138 valence electrons. The molecular weight excluding hydrogens is 336 g/mol. The Balaban J connectivity index is 1.59. The molecule has 0 saturated carbocycles. The molecule has 0 N–H and O–H groups in total. The number of ketones is 1. The summed E-state index contributed by atoms with van der Waals surface area (Å²) in [5.41, 5.74) is 0.538. The molecule has 3 aliphatic heterocycles. The van der Waals surface area contributed by atoms with Gasteiger partial charge in [0.2, 0.25) is 5.78 Å². The zero-order chi connectivity index (χ0) is 18.5. The number of carbonyl (C=O) groups excluding carboxylic acids is 1. The summed E-state index contributed by atoms with van der Waals surface area (Å²) in [6.45, 7) is 7.32. The molecule has 0 aliphatic carbocycles. The van der Waals surface area contributed by atoms with E-state index in [9.17, 15) is 4.79 Å². The maximum absolute atomic E-state index is 12.3.